The molecule has 2 rings (SSSR count). The van der Waals surface area contributed by atoms with Gasteiger partial charge < -0.3 is 0 Å². The fourth-order valence-corrected chi connectivity index (χ4v) is 3.73. The lowest BCUT2D eigenvalue weighted by atomic mass is 10.1. The number of rotatable bonds is 6. The van der Waals surface area contributed by atoms with Crippen LogP contribution in [0.15, 0.2) is 28.6 Å². The maximum atomic E-state index is 12.1. The zero-order valence-corrected chi connectivity index (χ0v) is 14.7. The van der Waals surface area contributed by atoms with Gasteiger partial charge in [0, 0.05) is 12.1 Å². The van der Waals surface area contributed by atoms with E-state index in [2.05, 4.69) is 20.2 Å². The molecule has 0 unspecified atom stereocenters. The molecule has 0 saturated carbocycles. The van der Waals surface area contributed by atoms with Crippen LogP contribution in [0.5, 0.6) is 0 Å². The molecular formula is C14H18N4O3S2. The number of nitrogens with zero attached hydrogens (tertiary/aromatic N) is 2. The van der Waals surface area contributed by atoms with Crippen molar-refractivity contribution >= 4 is 32.4 Å². The number of carbonyl (C=O) groups is 1. The van der Waals surface area contributed by atoms with Gasteiger partial charge in [0.1, 0.15) is 0 Å². The minimum atomic E-state index is -3.70. The third kappa shape index (κ3) is 4.81. The van der Waals surface area contributed by atoms with Crippen molar-refractivity contribution in [2.45, 2.75) is 25.1 Å². The van der Waals surface area contributed by atoms with Crippen molar-refractivity contribution in [2.24, 2.45) is 5.92 Å². The summed E-state index contributed by atoms with van der Waals surface area (Å²) in [6.07, 6.45) is 0. The summed E-state index contributed by atoms with van der Waals surface area (Å²) < 4.78 is 26.3. The molecule has 1 aromatic carbocycles. The van der Waals surface area contributed by atoms with E-state index in [9.17, 15) is 13.2 Å². The number of aromatic nitrogens is 2. The van der Waals surface area contributed by atoms with Crippen LogP contribution in [-0.4, -0.2) is 31.1 Å². The van der Waals surface area contributed by atoms with E-state index in [4.69, 9.17) is 0 Å². The molecule has 0 aliphatic carbocycles. The molecule has 0 bridgehead atoms. The number of carbonyl (C=O) groups excluding carboxylic acids is 1. The molecule has 1 amide bonds. The summed E-state index contributed by atoms with van der Waals surface area (Å²) in [6.45, 7) is 6.03. The molecule has 2 N–H and O–H groups in total. The zero-order chi connectivity index (χ0) is 17.0. The van der Waals surface area contributed by atoms with Gasteiger partial charge in [-0.1, -0.05) is 42.9 Å². The van der Waals surface area contributed by atoms with Gasteiger partial charge in [-0.15, -0.1) is 10.2 Å². The molecular weight excluding hydrogens is 336 g/mol. The number of hydrogen-bond donors (Lipinski definition) is 2. The number of aryl methyl sites for hydroxylation is 1. The van der Waals surface area contributed by atoms with E-state index in [-0.39, 0.29) is 21.3 Å². The van der Waals surface area contributed by atoms with E-state index in [1.54, 1.807) is 12.1 Å². The first kappa shape index (κ1) is 17.5. The first-order valence-electron chi connectivity index (χ1n) is 6.99. The molecule has 2 aromatic rings. The van der Waals surface area contributed by atoms with E-state index in [1.807, 2.05) is 32.9 Å². The van der Waals surface area contributed by atoms with Crippen molar-refractivity contribution in [3.05, 3.63) is 35.4 Å². The minimum absolute atomic E-state index is 0.139. The molecule has 0 aliphatic heterocycles. The first-order valence-corrected chi connectivity index (χ1v) is 9.29. The predicted octanol–water partition coefficient (Wildman–Crippen LogP) is 2.03. The number of sulfonamides is 1. The number of amides is 1. The van der Waals surface area contributed by atoms with Gasteiger partial charge >= 0.3 is 0 Å². The minimum Gasteiger partial charge on any atom is -0.296 e. The highest BCUT2D eigenvalue weighted by Crippen LogP contribution is 2.20. The molecule has 0 spiro atoms. The van der Waals surface area contributed by atoms with Crippen LogP contribution in [0, 0.1) is 12.8 Å². The van der Waals surface area contributed by atoms with Crippen LogP contribution in [0.25, 0.3) is 0 Å². The molecule has 0 atom stereocenters. The summed E-state index contributed by atoms with van der Waals surface area (Å²) >= 11 is 0.813. The third-order valence-electron chi connectivity index (χ3n) is 2.85. The fourth-order valence-electron chi connectivity index (χ4n) is 1.58. The van der Waals surface area contributed by atoms with Gasteiger partial charge in [-0.25, -0.2) is 13.1 Å². The summed E-state index contributed by atoms with van der Waals surface area (Å²) in [5.74, 6) is -0.182. The summed E-state index contributed by atoms with van der Waals surface area (Å²) in [5, 5.41) is 10.0. The highest BCUT2D eigenvalue weighted by atomic mass is 32.2. The quantitative estimate of drug-likeness (QED) is 0.773. The number of nitrogens with one attached hydrogen (secondary N) is 2. The molecule has 1 aromatic heterocycles. The Bertz CT molecular complexity index is 783. The van der Waals surface area contributed by atoms with Crippen LogP contribution in [0.1, 0.15) is 29.8 Å². The normalized spacial score (nSPS) is 11.7. The Morgan fingerprint density at radius 1 is 1.22 bits per heavy atom. The van der Waals surface area contributed by atoms with E-state index in [0.29, 0.717) is 12.1 Å². The average molecular weight is 354 g/mol. The maximum absolute atomic E-state index is 12.1. The summed E-state index contributed by atoms with van der Waals surface area (Å²) in [6, 6.07) is 7.02. The summed E-state index contributed by atoms with van der Waals surface area (Å²) in [4.78, 5) is 12.1. The van der Waals surface area contributed by atoms with E-state index in [1.165, 1.54) is 0 Å². The number of hydrogen-bond acceptors (Lipinski definition) is 6. The van der Waals surface area contributed by atoms with Gasteiger partial charge in [0.25, 0.3) is 15.9 Å². The van der Waals surface area contributed by atoms with Crippen LogP contribution < -0.4 is 10.0 Å². The Labute approximate surface area is 139 Å². The van der Waals surface area contributed by atoms with Gasteiger partial charge in [0.15, 0.2) is 0 Å². The lowest BCUT2D eigenvalue weighted by Gasteiger charge is -2.05. The van der Waals surface area contributed by atoms with Crippen LogP contribution in [-0.2, 0) is 10.0 Å². The molecule has 9 heteroatoms. The topological polar surface area (TPSA) is 101 Å². The predicted molar refractivity (Wildman–Crippen MR) is 89.1 cm³/mol. The third-order valence-corrected chi connectivity index (χ3v) is 5.48. The standard InChI is InChI=1S/C14H18N4O3S2/c1-9(2)8-15-23(20,21)14-18-17-13(22-14)16-12(19)11-6-4-10(3)5-7-11/h4-7,9,15H,8H2,1-3H3,(H,16,17,19). The van der Waals surface area contributed by atoms with Gasteiger partial charge in [0.2, 0.25) is 9.47 Å². The van der Waals surface area contributed by atoms with Gasteiger partial charge in [-0.3, -0.25) is 10.1 Å². The molecule has 0 fully saturated rings. The van der Waals surface area contributed by atoms with Crippen LogP contribution >= 0.6 is 11.3 Å². The highest BCUT2D eigenvalue weighted by Gasteiger charge is 2.21. The van der Waals surface area contributed by atoms with Crippen LogP contribution in [0.4, 0.5) is 5.13 Å². The van der Waals surface area contributed by atoms with Crippen LogP contribution in [0.3, 0.4) is 0 Å². The van der Waals surface area contributed by atoms with E-state index >= 15 is 0 Å². The van der Waals surface area contributed by atoms with Crippen molar-refractivity contribution in [2.75, 3.05) is 11.9 Å². The first-order chi connectivity index (χ1) is 10.8. The van der Waals surface area contributed by atoms with Crippen molar-refractivity contribution in [1.82, 2.24) is 14.9 Å². The molecule has 7 nitrogen and oxygen atoms in total. The molecule has 23 heavy (non-hydrogen) atoms. The monoisotopic (exact) mass is 354 g/mol. The van der Waals surface area contributed by atoms with Crippen molar-refractivity contribution in [3.63, 3.8) is 0 Å². The second kappa shape index (κ2) is 7.16. The Kier molecular flexibility index (Phi) is 5.45. The number of benzene rings is 1. The van der Waals surface area contributed by atoms with Crippen molar-refractivity contribution < 1.29 is 13.2 Å². The molecule has 124 valence electrons. The lowest BCUT2D eigenvalue weighted by Crippen LogP contribution is -2.27. The summed E-state index contributed by atoms with van der Waals surface area (Å²) in [5.41, 5.74) is 1.51. The Hall–Kier alpha value is -1.84. The van der Waals surface area contributed by atoms with Gasteiger partial charge in [0.05, 0.1) is 0 Å². The molecule has 0 aliphatic rings. The Balaban J connectivity index is 2.07. The maximum Gasteiger partial charge on any atom is 0.269 e. The Morgan fingerprint density at radius 3 is 2.48 bits per heavy atom. The van der Waals surface area contributed by atoms with Gasteiger partial charge in [-0.2, -0.15) is 0 Å². The largest absolute Gasteiger partial charge is 0.296 e. The number of anilines is 1. The SMILES string of the molecule is Cc1ccc(C(=O)Nc2nnc(S(=O)(=O)NCC(C)C)s2)cc1. The second-order valence-corrected chi connectivity index (χ2v) is 8.36. The second-order valence-electron chi connectivity index (χ2n) is 5.44. The molecule has 0 radical (unpaired) electrons. The van der Waals surface area contributed by atoms with Crippen LogP contribution in [0.2, 0.25) is 0 Å². The fraction of sp³-hybridized carbons (Fsp3) is 0.357. The smallest absolute Gasteiger partial charge is 0.269 e. The van der Waals surface area contributed by atoms with Crippen molar-refractivity contribution in [1.29, 1.82) is 0 Å². The zero-order valence-electron chi connectivity index (χ0n) is 13.0. The van der Waals surface area contributed by atoms with E-state index in [0.717, 1.165) is 16.9 Å². The van der Waals surface area contributed by atoms with E-state index < -0.39 is 10.0 Å². The molecule has 1 heterocycles. The lowest BCUT2D eigenvalue weighted by molar-refractivity contribution is 0.102. The van der Waals surface area contributed by atoms with Gasteiger partial charge in [-0.05, 0) is 25.0 Å². The van der Waals surface area contributed by atoms with Crippen molar-refractivity contribution in [3.8, 4) is 0 Å². The highest BCUT2D eigenvalue weighted by molar-refractivity contribution is 7.91. The molecule has 0 saturated heterocycles. The summed E-state index contributed by atoms with van der Waals surface area (Å²) in [7, 11) is -3.70. The Morgan fingerprint density at radius 2 is 1.87 bits per heavy atom. The average Bonchev–Trinajstić information content (AvgIpc) is 2.95.